The van der Waals surface area contributed by atoms with Crippen molar-refractivity contribution in [3.8, 4) is 11.5 Å². The second-order valence-electron chi connectivity index (χ2n) is 4.35. The number of hydrogen-bond acceptors (Lipinski definition) is 4. The topological polar surface area (TPSA) is 72.8 Å². The number of methoxy groups -OCH3 is 2. The van der Waals surface area contributed by atoms with Crippen molar-refractivity contribution in [2.45, 2.75) is 13.8 Å². The molecule has 0 bridgehead atoms. The number of rotatable bonds is 6. The lowest BCUT2D eigenvalue weighted by Crippen LogP contribution is -2.25. The maximum atomic E-state index is 12.2. The van der Waals surface area contributed by atoms with E-state index in [0.29, 0.717) is 17.1 Å². The number of aliphatic carboxylic acids is 1. The van der Waals surface area contributed by atoms with Crippen LogP contribution in [0.5, 0.6) is 11.5 Å². The number of carboxylic acid groups (broad SMARTS) is 1. The summed E-state index contributed by atoms with van der Waals surface area (Å²) >= 11 is 0. The highest BCUT2D eigenvalue weighted by Crippen LogP contribution is 2.29. The number of ketones is 1. The lowest BCUT2D eigenvalue weighted by Gasteiger charge is -2.16. The van der Waals surface area contributed by atoms with Crippen LogP contribution in [0.1, 0.15) is 24.2 Å². The van der Waals surface area contributed by atoms with Crippen molar-refractivity contribution < 1.29 is 24.2 Å². The van der Waals surface area contributed by atoms with Gasteiger partial charge in [0.2, 0.25) is 0 Å². The molecule has 0 fully saturated rings. The smallest absolute Gasteiger partial charge is 0.306 e. The molecule has 0 aliphatic heterocycles. The molecule has 1 aromatic rings. The molecule has 0 aliphatic rings. The summed E-state index contributed by atoms with van der Waals surface area (Å²) in [5.41, 5.74) is 0.415. The summed E-state index contributed by atoms with van der Waals surface area (Å²) in [5.74, 6) is -1.57. The van der Waals surface area contributed by atoms with Gasteiger partial charge in [0.15, 0.2) is 17.3 Å². The number of Topliss-reactive ketones (excluding diaryl/α,β-unsaturated/α-hetero) is 1. The summed E-state index contributed by atoms with van der Waals surface area (Å²) in [7, 11) is 2.99. The van der Waals surface area contributed by atoms with Gasteiger partial charge in [0.25, 0.3) is 0 Å². The average molecular weight is 266 g/mol. The number of carboxylic acids is 1. The van der Waals surface area contributed by atoms with E-state index in [2.05, 4.69) is 0 Å². The van der Waals surface area contributed by atoms with Crippen molar-refractivity contribution in [2.24, 2.45) is 11.8 Å². The van der Waals surface area contributed by atoms with Gasteiger partial charge in [-0.15, -0.1) is 0 Å². The molecule has 0 aliphatic carbocycles. The minimum absolute atomic E-state index is 0.226. The molecule has 0 heterocycles. The lowest BCUT2D eigenvalue weighted by atomic mass is 9.88. The van der Waals surface area contributed by atoms with Crippen molar-refractivity contribution in [2.75, 3.05) is 14.2 Å². The van der Waals surface area contributed by atoms with Gasteiger partial charge in [-0.25, -0.2) is 0 Å². The van der Waals surface area contributed by atoms with E-state index in [1.807, 2.05) is 0 Å². The fraction of sp³-hybridized carbons (Fsp3) is 0.429. The number of carbonyl (C=O) groups excluding carboxylic acids is 1. The molecule has 1 rings (SSSR count). The Balaban J connectivity index is 3.03. The summed E-state index contributed by atoms with van der Waals surface area (Å²) in [6.07, 6.45) is 0. The fourth-order valence-electron chi connectivity index (χ4n) is 1.69. The van der Waals surface area contributed by atoms with E-state index < -0.39 is 17.8 Å². The third-order valence-electron chi connectivity index (χ3n) is 3.22. The largest absolute Gasteiger partial charge is 0.493 e. The molecular weight excluding hydrogens is 248 g/mol. The molecule has 0 radical (unpaired) electrons. The first-order chi connectivity index (χ1) is 8.92. The Morgan fingerprint density at radius 3 is 2.11 bits per heavy atom. The fourth-order valence-corrected chi connectivity index (χ4v) is 1.69. The zero-order valence-electron chi connectivity index (χ0n) is 11.5. The zero-order valence-corrected chi connectivity index (χ0v) is 11.5. The van der Waals surface area contributed by atoms with Crippen LogP contribution in [0.25, 0.3) is 0 Å². The Kier molecular flexibility index (Phi) is 4.92. The van der Waals surface area contributed by atoms with Crippen molar-refractivity contribution in [1.82, 2.24) is 0 Å². The molecular formula is C14H18O5. The monoisotopic (exact) mass is 266 g/mol. The molecule has 0 aromatic heterocycles. The Morgan fingerprint density at radius 1 is 1.05 bits per heavy atom. The molecule has 1 aromatic carbocycles. The summed E-state index contributed by atoms with van der Waals surface area (Å²) in [6, 6.07) is 4.80. The van der Waals surface area contributed by atoms with Gasteiger partial charge in [-0.05, 0) is 18.2 Å². The van der Waals surface area contributed by atoms with Crippen LogP contribution in [-0.4, -0.2) is 31.1 Å². The minimum atomic E-state index is -0.985. The molecule has 0 unspecified atom stereocenters. The van der Waals surface area contributed by atoms with Crippen LogP contribution in [0.3, 0.4) is 0 Å². The van der Waals surface area contributed by atoms with E-state index in [4.69, 9.17) is 14.6 Å². The van der Waals surface area contributed by atoms with Crippen molar-refractivity contribution >= 4 is 11.8 Å². The molecule has 0 saturated carbocycles. The molecule has 0 amide bonds. The SMILES string of the molecule is COc1ccc(C(=O)[C@@H](C)[C@@H](C)C(=O)O)cc1OC. The summed E-state index contributed by atoms with van der Waals surface area (Å²) in [5, 5.41) is 8.93. The molecule has 2 atom stereocenters. The highest BCUT2D eigenvalue weighted by Gasteiger charge is 2.27. The van der Waals surface area contributed by atoms with Crippen LogP contribution in [0.4, 0.5) is 0 Å². The van der Waals surface area contributed by atoms with Gasteiger partial charge < -0.3 is 14.6 Å². The second-order valence-corrected chi connectivity index (χ2v) is 4.35. The van der Waals surface area contributed by atoms with Crippen LogP contribution >= 0.6 is 0 Å². The summed E-state index contributed by atoms with van der Waals surface area (Å²) in [4.78, 5) is 23.1. The number of carbonyl (C=O) groups is 2. The van der Waals surface area contributed by atoms with E-state index >= 15 is 0 Å². The Labute approximate surface area is 112 Å². The Bertz CT molecular complexity index is 481. The number of hydrogen-bond donors (Lipinski definition) is 1. The Morgan fingerprint density at radius 2 is 1.63 bits per heavy atom. The van der Waals surface area contributed by atoms with Gasteiger partial charge in [0.05, 0.1) is 20.1 Å². The first-order valence-corrected chi connectivity index (χ1v) is 5.91. The van der Waals surface area contributed by atoms with E-state index in [0.717, 1.165) is 0 Å². The predicted octanol–water partition coefficient (Wildman–Crippen LogP) is 2.24. The maximum absolute atomic E-state index is 12.2. The van der Waals surface area contributed by atoms with E-state index in [1.165, 1.54) is 21.1 Å². The van der Waals surface area contributed by atoms with Crippen molar-refractivity contribution in [3.05, 3.63) is 23.8 Å². The van der Waals surface area contributed by atoms with Gasteiger partial charge in [0.1, 0.15) is 0 Å². The van der Waals surface area contributed by atoms with Crippen LogP contribution in [0, 0.1) is 11.8 Å². The van der Waals surface area contributed by atoms with Crippen LogP contribution in [0.15, 0.2) is 18.2 Å². The quantitative estimate of drug-likeness (QED) is 0.799. The lowest BCUT2D eigenvalue weighted by molar-refractivity contribution is -0.142. The van der Waals surface area contributed by atoms with Crippen LogP contribution in [0.2, 0.25) is 0 Å². The maximum Gasteiger partial charge on any atom is 0.306 e. The van der Waals surface area contributed by atoms with Gasteiger partial charge in [-0.1, -0.05) is 13.8 Å². The van der Waals surface area contributed by atoms with E-state index in [1.54, 1.807) is 25.1 Å². The second kappa shape index (κ2) is 6.22. The zero-order chi connectivity index (χ0) is 14.6. The molecule has 104 valence electrons. The van der Waals surface area contributed by atoms with Gasteiger partial charge in [-0.2, -0.15) is 0 Å². The molecule has 0 saturated heterocycles. The predicted molar refractivity (Wildman–Crippen MR) is 69.8 cm³/mol. The highest BCUT2D eigenvalue weighted by molar-refractivity contribution is 6.00. The van der Waals surface area contributed by atoms with Gasteiger partial charge in [0, 0.05) is 11.5 Å². The third-order valence-corrected chi connectivity index (χ3v) is 3.22. The molecule has 19 heavy (non-hydrogen) atoms. The normalized spacial score (nSPS) is 13.5. The third kappa shape index (κ3) is 3.24. The first kappa shape index (κ1) is 15.0. The van der Waals surface area contributed by atoms with Crippen molar-refractivity contribution in [1.29, 1.82) is 0 Å². The molecule has 1 N–H and O–H groups in total. The first-order valence-electron chi connectivity index (χ1n) is 5.91. The number of benzene rings is 1. The minimum Gasteiger partial charge on any atom is -0.493 e. The van der Waals surface area contributed by atoms with Crippen LogP contribution < -0.4 is 9.47 Å². The summed E-state index contributed by atoms with van der Waals surface area (Å²) < 4.78 is 10.2. The van der Waals surface area contributed by atoms with E-state index in [-0.39, 0.29) is 5.78 Å². The molecule has 5 heteroatoms. The molecule has 0 spiro atoms. The highest BCUT2D eigenvalue weighted by atomic mass is 16.5. The summed E-state index contributed by atoms with van der Waals surface area (Å²) in [6.45, 7) is 3.13. The van der Waals surface area contributed by atoms with Gasteiger partial charge >= 0.3 is 5.97 Å². The van der Waals surface area contributed by atoms with Crippen molar-refractivity contribution in [3.63, 3.8) is 0 Å². The average Bonchev–Trinajstić information content (AvgIpc) is 2.43. The Hall–Kier alpha value is -2.04. The van der Waals surface area contributed by atoms with Gasteiger partial charge in [-0.3, -0.25) is 9.59 Å². The van der Waals surface area contributed by atoms with Crippen LogP contribution in [-0.2, 0) is 4.79 Å². The standard InChI is InChI=1S/C14H18O5/c1-8(9(2)14(16)17)13(15)10-5-6-11(18-3)12(7-10)19-4/h5-9H,1-4H3,(H,16,17)/t8-,9+/m0/s1. The number of ether oxygens (including phenoxy) is 2. The van der Waals surface area contributed by atoms with E-state index in [9.17, 15) is 9.59 Å². The molecule has 5 nitrogen and oxygen atoms in total.